The molecule has 1 aromatic heterocycles. The molecule has 0 nitrogen and oxygen atoms in total. The van der Waals surface area contributed by atoms with Gasteiger partial charge in [0.1, 0.15) is 0 Å². The second-order valence-corrected chi connectivity index (χ2v) is 3.50. The van der Waals surface area contributed by atoms with Crippen LogP contribution in [0.15, 0.2) is 12.1 Å². The summed E-state index contributed by atoms with van der Waals surface area (Å²) in [5, 5.41) is 0. The summed E-state index contributed by atoms with van der Waals surface area (Å²) in [6.07, 6.45) is 3.24. The van der Waals surface area contributed by atoms with Crippen molar-refractivity contribution >= 4 is 22.9 Å². The predicted octanol–water partition coefficient (Wildman–Crippen LogP) is 3.36. The molecule has 0 aromatic carbocycles. The highest BCUT2D eigenvalue weighted by atomic mass is 35.5. The number of hydrogen-bond acceptors (Lipinski definition) is 1. The molecule has 0 unspecified atom stereocenters. The largest absolute Gasteiger partial charge is 0.128 e. The van der Waals surface area contributed by atoms with Crippen molar-refractivity contribution < 1.29 is 0 Å². The van der Waals surface area contributed by atoms with Crippen LogP contribution in [0.5, 0.6) is 0 Å². The van der Waals surface area contributed by atoms with E-state index in [2.05, 4.69) is 13.3 Å². The molecule has 0 aliphatic carbocycles. The van der Waals surface area contributed by atoms with E-state index in [1.807, 2.05) is 12.1 Å². The minimum atomic E-state index is 0.870. The SMILES string of the molecule is CC[CH]c1ccc(Cl)s1. The summed E-state index contributed by atoms with van der Waals surface area (Å²) in [6, 6.07) is 3.96. The summed E-state index contributed by atoms with van der Waals surface area (Å²) >= 11 is 7.32. The Morgan fingerprint density at radius 1 is 1.67 bits per heavy atom. The molecule has 1 rings (SSSR count). The smallest absolute Gasteiger partial charge is 0.0931 e. The van der Waals surface area contributed by atoms with Gasteiger partial charge in [-0.1, -0.05) is 18.5 Å². The minimum absolute atomic E-state index is 0.870. The molecule has 0 N–H and O–H groups in total. The zero-order valence-electron chi connectivity index (χ0n) is 5.23. The lowest BCUT2D eigenvalue weighted by molar-refractivity contribution is 1.14. The van der Waals surface area contributed by atoms with E-state index in [4.69, 9.17) is 11.6 Å². The van der Waals surface area contributed by atoms with Crippen LogP contribution in [0.4, 0.5) is 0 Å². The summed E-state index contributed by atoms with van der Waals surface area (Å²) in [5.74, 6) is 0. The lowest BCUT2D eigenvalue weighted by Gasteiger charge is -1.85. The average Bonchev–Trinajstić information content (AvgIpc) is 2.17. The molecule has 0 atom stereocenters. The second kappa shape index (κ2) is 3.23. The van der Waals surface area contributed by atoms with Crippen molar-refractivity contribution in [3.05, 3.63) is 27.8 Å². The van der Waals surface area contributed by atoms with Crippen molar-refractivity contribution in [2.75, 3.05) is 0 Å². The molecule has 1 aromatic rings. The molecule has 49 valence electrons. The van der Waals surface area contributed by atoms with Gasteiger partial charge in [0.2, 0.25) is 0 Å². The first-order chi connectivity index (χ1) is 4.33. The van der Waals surface area contributed by atoms with E-state index in [-0.39, 0.29) is 0 Å². The van der Waals surface area contributed by atoms with E-state index in [1.54, 1.807) is 11.3 Å². The molecular weight excluding hydrogens is 152 g/mol. The Kier molecular flexibility index (Phi) is 2.55. The molecule has 0 bridgehead atoms. The van der Waals surface area contributed by atoms with Crippen LogP contribution in [-0.4, -0.2) is 0 Å². The van der Waals surface area contributed by atoms with Gasteiger partial charge in [-0.25, -0.2) is 0 Å². The van der Waals surface area contributed by atoms with Gasteiger partial charge < -0.3 is 0 Å². The van der Waals surface area contributed by atoms with Crippen molar-refractivity contribution in [3.8, 4) is 0 Å². The molecule has 2 heteroatoms. The highest BCUT2D eigenvalue weighted by molar-refractivity contribution is 7.16. The number of halogens is 1. The number of hydrogen-bond donors (Lipinski definition) is 0. The molecule has 1 heterocycles. The third kappa shape index (κ3) is 1.99. The maximum atomic E-state index is 5.69. The Bertz CT molecular complexity index is 181. The Morgan fingerprint density at radius 3 is 2.89 bits per heavy atom. The monoisotopic (exact) mass is 159 g/mol. The molecule has 0 aliphatic heterocycles. The standard InChI is InChI=1S/C7H8ClS/c1-2-3-6-4-5-7(8)9-6/h3-5H,2H2,1H3. The topological polar surface area (TPSA) is 0 Å². The molecule has 9 heavy (non-hydrogen) atoms. The van der Waals surface area contributed by atoms with Gasteiger partial charge in [-0.05, 0) is 18.6 Å². The van der Waals surface area contributed by atoms with Crippen molar-refractivity contribution in [2.24, 2.45) is 0 Å². The predicted molar refractivity (Wildman–Crippen MR) is 43.0 cm³/mol. The Hall–Kier alpha value is -0.0100. The van der Waals surface area contributed by atoms with Gasteiger partial charge in [0.05, 0.1) is 4.34 Å². The van der Waals surface area contributed by atoms with Crippen LogP contribution in [0.2, 0.25) is 4.34 Å². The molecule has 1 radical (unpaired) electrons. The normalized spacial score (nSPS) is 10.0. The Morgan fingerprint density at radius 2 is 2.44 bits per heavy atom. The van der Waals surface area contributed by atoms with Gasteiger partial charge >= 0.3 is 0 Å². The molecule has 0 aliphatic rings. The molecule has 0 saturated carbocycles. The number of rotatable bonds is 2. The number of thiophene rings is 1. The van der Waals surface area contributed by atoms with E-state index >= 15 is 0 Å². The quantitative estimate of drug-likeness (QED) is 0.621. The summed E-state index contributed by atoms with van der Waals surface area (Å²) in [7, 11) is 0. The third-order valence-corrected chi connectivity index (χ3v) is 2.23. The van der Waals surface area contributed by atoms with Crippen molar-refractivity contribution in [1.29, 1.82) is 0 Å². The summed E-state index contributed by atoms with van der Waals surface area (Å²) in [5.41, 5.74) is 0. The highest BCUT2D eigenvalue weighted by Gasteiger charge is 1.94. The first-order valence-electron chi connectivity index (χ1n) is 2.91. The van der Waals surface area contributed by atoms with Gasteiger partial charge in [0.15, 0.2) is 0 Å². The van der Waals surface area contributed by atoms with E-state index in [9.17, 15) is 0 Å². The first kappa shape index (κ1) is 7.10. The van der Waals surface area contributed by atoms with E-state index in [1.165, 1.54) is 4.88 Å². The van der Waals surface area contributed by atoms with Crippen LogP contribution in [0.3, 0.4) is 0 Å². The molecular formula is C7H8ClS. The second-order valence-electron chi connectivity index (χ2n) is 1.75. The van der Waals surface area contributed by atoms with Crippen molar-refractivity contribution in [3.63, 3.8) is 0 Å². The van der Waals surface area contributed by atoms with Gasteiger partial charge in [-0.2, -0.15) is 0 Å². The molecule has 0 spiro atoms. The van der Waals surface area contributed by atoms with Crippen LogP contribution in [-0.2, 0) is 0 Å². The fourth-order valence-corrected chi connectivity index (χ4v) is 1.72. The van der Waals surface area contributed by atoms with E-state index < -0.39 is 0 Å². The van der Waals surface area contributed by atoms with Crippen molar-refractivity contribution in [2.45, 2.75) is 13.3 Å². The summed E-state index contributed by atoms with van der Waals surface area (Å²) in [4.78, 5) is 1.27. The van der Waals surface area contributed by atoms with Crippen LogP contribution in [0, 0.1) is 6.42 Å². The van der Waals surface area contributed by atoms with E-state index in [0.29, 0.717) is 0 Å². The van der Waals surface area contributed by atoms with Crippen LogP contribution in [0.25, 0.3) is 0 Å². The molecule has 0 amide bonds. The Balaban J connectivity index is 2.61. The minimum Gasteiger partial charge on any atom is -0.128 e. The highest BCUT2D eigenvalue weighted by Crippen LogP contribution is 2.22. The Labute approximate surface area is 64.5 Å². The van der Waals surface area contributed by atoms with E-state index in [0.717, 1.165) is 10.8 Å². The van der Waals surface area contributed by atoms with Crippen LogP contribution < -0.4 is 0 Å². The van der Waals surface area contributed by atoms with Crippen molar-refractivity contribution in [1.82, 2.24) is 0 Å². The third-order valence-electron chi connectivity index (χ3n) is 0.999. The summed E-state index contributed by atoms with van der Waals surface area (Å²) < 4.78 is 0.870. The van der Waals surface area contributed by atoms with Crippen LogP contribution >= 0.6 is 22.9 Å². The van der Waals surface area contributed by atoms with Gasteiger partial charge in [-0.15, -0.1) is 11.3 Å². The molecule has 0 fully saturated rings. The summed E-state index contributed by atoms with van der Waals surface area (Å²) in [6.45, 7) is 2.12. The lowest BCUT2D eigenvalue weighted by atomic mass is 10.3. The van der Waals surface area contributed by atoms with Crippen LogP contribution in [0.1, 0.15) is 18.2 Å². The average molecular weight is 160 g/mol. The fraction of sp³-hybridized carbons (Fsp3) is 0.286. The first-order valence-corrected chi connectivity index (χ1v) is 4.11. The fourth-order valence-electron chi connectivity index (χ4n) is 0.639. The zero-order valence-corrected chi connectivity index (χ0v) is 6.80. The van der Waals surface area contributed by atoms with Gasteiger partial charge in [0, 0.05) is 11.3 Å². The van der Waals surface area contributed by atoms with Gasteiger partial charge in [0.25, 0.3) is 0 Å². The molecule has 0 saturated heterocycles. The maximum absolute atomic E-state index is 5.69. The van der Waals surface area contributed by atoms with Gasteiger partial charge in [-0.3, -0.25) is 0 Å². The zero-order chi connectivity index (χ0) is 6.69. The maximum Gasteiger partial charge on any atom is 0.0931 e. The lowest BCUT2D eigenvalue weighted by Crippen LogP contribution is -1.67.